The number of ether oxygens (including phenoxy) is 1. The third kappa shape index (κ3) is 5.20. The minimum atomic E-state index is 0.832. The van der Waals surface area contributed by atoms with Crippen LogP contribution in [0.15, 0.2) is 29.7 Å². The van der Waals surface area contributed by atoms with Crippen molar-refractivity contribution >= 4 is 11.3 Å². The van der Waals surface area contributed by atoms with Gasteiger partial charge in [-0.15, -0.1) is 11.3 Å². The lowest BCUT2D eigenvalue weighted by Gasteiger charge is -1.96. The predicted octanol–water partition coefficient (Wildman–Crippen LogP) is 3.66. The summed E-state index contributed by atoms with van der Waals surface area (Å²) in [5.41, 5.74) is 0. The van der Waals surface area contributed by atoms with Crippen molar-refractivity contribution in [3.63, 3.8) is 0 Å². The maximum atomic E-state index is 5.25. The maximum Gasteiger partial charge on any atom is 0.0468 e. The molecule has 14 heavy (non-hydrogen) atoms. The molecule has 0 aliphatic rings. The van der Waals surface area contributed by atoms with Gasteiger partial charge in [0.1, 0.15) is 0 Å². The fourth-order valence-electron chi connectivity index (χ4n) is 1.19. The van der Waals surface area contributed by atoms with Crippen LogP contribution >= 0.6 is 11.3 Å². The Balaban J connectivity index is 1.99. The summed E-state index contributed by atoms with van der Waals surface area (Å²) in [5.74, 6) is 0. The molecule has 1 aromatic rings. The van der Waals surface area contributed by atoms with Gasteiger partial charge in [0.05, 0.1) is 0 Å². The Hall–Kier alpha value is -0.600. The van der Waals surface area contributed by atoms with Gasteiger partial charge in [0.15, 0.2) is 0 Å². The number of hydrogen-bond donors (Lipinski definition) is 0. The molecule has 0 aliphatic heterocycles. The van der Waals surface area contributed by atoms with E-state index < -0.39 is 0 Å². The van der Waals surface area contributed by atoms with Crippen molar-refractivity contribution in [2.24, 2.45) is 0 Å². The third-order valence-corrected chi connectivity index (χ3v) is 2.83. The Kier molecular flexibility index (Phi) is 6.37. The number of unbranched alkanes of at least 4 members (excludes halogenated alkanes) is 1. The maximum absolute atomic E-state index is 5.25. The molecule has 0 aliphatic carbocycles. The monoisotopic (exact) mass is 210 g/mol. The zero-order valence-corrected chi connectivity index (χ0v) is 9.56. The molecule has 0 saturated carbocycles. The summed E-state index contributed by atoms with van der Waals surface area (Å²) < 4.78 is 5.25. The molecule has 0 radical (unpaired) electrons. The van der Waals surface area contributed by atoms with Gasteiger partial charge < -0.3 is 4.74 Å². The molecule has 1 heterocycles. The van der Waals surface area contributed by atoms with Crippen molar-refractivity contribution in [1.29, 1.82) is 0 Å². The fourth-order valence-corrected chi connectivity index (χ4v) is 1.88. The largest absolute Gasteiger partial charge is 0.382 e. The van der Waals surface area contributed by atoms with E-state index in [1.807, 2.05) is 18.3 Å². The molecule has 1 aromatic heterocycles. The number of thiophene rings is 1. The minimum Gasteiger partial charge on any atom is -0.382 e. The molecule has 0 N–H and O–H groups in total. The first-order chi connectivity index (χ1) is 6.93. The van der Waals surface area contributed by atoms with Crippen LogP contribution in [-0.2, 0) is 11.2 Å². The Morgan fingerprint density at radius 2 is 2.36 bits per heavy atom. The van der Waals surface area contributed by atoms with Gasteiger partial charge in [-0.3, -0.25) is 0 Å². The highest BCUT2D eigenvalue weighted by atomic mass is 32.1. The zero-order chi connectivity index (χ0) is 10.1. The van der Waals surface area contributed by atoms with Crippen molar-refractivity contribution < 1.29 is 4.74 Å². The van der Waals surface area contributed by atoms with E-state index >= 15 is 0 Å². The highest BCUT2D eigenvalue weighted by Gasteiger charge is 1.88. The molecular formula is C12H18OS. The Labute approximate surface area is 90.4 Å². The first kappa shape index (κ1) is 11.5. The molecule has 0 saturated heterocycles. The molecule has 78 valence electrons. The molecule has 1 rings (SSSR count). The average Bonchev–Trinajstić information content (AvgIpc) is 2.69. The van der Waals surface area contributed by atoms with Crippen molar-refractivity contribution in [1.82, 2.24) is 0 Å². The van der Waals surface area contributed by atoms with Crippen LogP contribution in [0.4, 0.5) is 0 Å². The molecule has 2 heteroatoms. The number of allylic oxidation sites excluding steroid dienone is 2. The number of rotatable bonds is 7. The van der Waals surface area contributed by atoms with E-state index in [9.17, 15) is 0 Å². The lowest BCUT2D eigenvalue weighted by Crippen LogP contribution is -1.91. The van der Waals surface area contributed by atoms with Gasteiger partial charge in [-0.2, -0.15) is 0 Å². The second kappa shape index (κ2) is 7.77. The van der Waals surface area contributed by atoms with E-state index in [1.165, 1.54) is 4.88 Å². The Morgan fingerprint density at radius 3 is 3.07 bits per heavy atom. The zero-order valence-electron chi connectivity index (χ0n) is 8.74. The molecule has 0 spiro atoms. The first-order valence-corrected chi connectivity index (χ1v) is 6.06. The summed E-state index contributed by atoms with van der Waals surface area (Å²) in [6.07, 6.45) is 7.84. The second-order valence-electron chi connectivity index (χ2n) is 3.09. The summed E-state index contributed by atoms with van der Waals surface area (Å²) in [6.45, 7) is 3.76. The van der Waals surface area contributed by atoms with E-state index in [2.05, 4.69) is 29.7 Å². The van der Waals surface area contributed by atoms with Gasteiger partial charge in [0.2, 0.25) is 0 Å². The van der Waals surface area contributed by atoms with Crippen LogP contribution in [0.3, 0.4) is 0 Å². The predicted molar refractivity (Wildman–Crippen MR) is 62.9 cm³/mol. The Bertz CT molecular complexity index is 239. The van der Waals surface area contributed by atoms with Crippen molar-refractivity contribution in [2.45, 2.75) is 26.2 Å². The Morgan fingerprint density at radius 1 is 1.43 bits per heavy atom. The fraction of sp³-hybridized carbons (Fsp3) is 0.500. The van der Waals surface area contributed by atoms with E-state index in [0.29, 0.717) is 0 Å². The van der Waals surface area contributed by atoms with Gasteiger partial charge in [-0.25, -0.2) is 0 Å². The van der Waals surface area contributed by atoms with E-state index in [0.717, 1.165) is 32.5 Å². The second-order valence-corrected chi connectivity index (χ2v) is 4.13. The van der Waals surface area contributed by atoms with Crippen LogP contribution in [0.25, 0.3) is 0 Å². The van der Waals surface area contributed by atoms with Crippen molar-refractivity contribution in [3.8, 4) is 0 Å². The normalized spacial score (nSPS) is 11.2. The third-order valence-electron chi connectivity index (χ3n) is 1.93. The number of hydrogen-bond acceptors (Lipinski definition) is 2. The van der Waals surface area contributed by atoms with Gasteiger partial charge in [0.25, 0.3) is 0 Å². The smallest absolute Gasteiger partial charge is 0.0468 e. The van der Waals surface area contributed by atoms with Gasteiger partial charge >= 0.3 is 0 Å². The van der Waals surface area contributed by atoms with Crippen molar-refractivity contribution in [2.75, 3.05) is 13.2 Å². The first-order valence-electron chi connectivity index (χ1n) is 5.18. The molecule has 0 amide bonds. The van der Waals surface area contributed by atoms with E-state index in [-0.39, 0.29) is 0 Å². The van der Waals surface area contributed by atoms with E-state index in [1.54, 1.807) is 0 Å². The quantitative estimate of drug-likeness (QED) is 0.493. The summed E-state index contributed by atoms with van der Waals surface area (Å²) in [7, 11) is 0. The molecular weight excluding hydrogens is 192 g/mol. The molecule has 0 fully saturated rings. The van der Waals surface area contributed by atoms with Crippen LogP contribution < -0.4 is 0 Å². The highest BCUT2D eigenvalue weighted by molar-refractivity contribution is 7.09. The van der Waals surface area contributed by atoms with Crippen LogP contribution in [0, 0.1) is 0 Å². The molecule has 0 unspecified atom stereocenters. The molecule has 0 atom stereocenters. The average molecular weight is 210 g/mol. The molecule has 0 bridgehead atoms. The standard InChI is InChI=1S/C12H18OS/c1-2-13-10-6-4-3-5-8-12-9-7-11-14-12/h3,5,7,9,11H,2,4,6,8,10H2,1H3. The summed E-state index contributed by atoms with van der Waals surface area (Å²) in [5, 5.41) is 2.12. The SMILES string of the molecule is CCOCCCC=CCc1cccs1. The summed E-state index contributed by atoms with van der Waals surface area (Å²) in [6, 6.07) is 4.28. The van der Waals surface area contributed by atoms with Gasteiger partial charge in [-0.1, -0.05) is 18.2 Å². The van der Waals surface area contributed by atoms with Crippen LogP contribution in [0.1, 0.15) is 24.6 Å². The summed E-state index contributed by atoms with van der Waals surface area (Å²) in [4.78, 5) is 1.44. The van der Waals surface area contributed by atoms with Crippen LogP contribution in [-0.4, -0.2) is 13.2 Å². The van der Waals surface area contributed by atoms with E-state index in [4.69, 9.17) is 4.74 Å². The molecule has 0 aromatic carbocycles. The lowest BCUT2D eigenvalue weighted by molar-refractivity contribution is 0.145. The minimum absolute atomic E-state index is 0.832. The van der Waals surface area contributed by atoms with Crippen molar-refractivity contribution in [3.05, 3.63) is 34.5 Å². The van der Waals surface area contributed by atoms with Crippen LogP contribution in [0.2, 0.25) is 0 Å². The van der Waals surface area contributed by atoms with Gasteiger partial charge in [0, 0.05) is 18.1 Å². The highest BCUT2D eigenvalue weighted by Crippen LogP contribution is 2.09. The molecule has 1 nitrogen and oxygen atoms in total. The summed E-state index contributed by atoms with van der Waals surface area (Å²) >= 11 is 1.82. The van der Waals surface area contributed by atoms with Gasteiger partial charge in [-0.05, 0) is 37.6 Å². The van der Waals surface area contributed by atoms with Crippen LogP contribution in [0.5, 0.6) is 0 Å². The topological polar surface area (TPSA) is 9.23 Å². The lowest BCUT2D eigenvalue weighted by atomic mass is 10.2.